The zero-order chi connectivity index (χ0) is 12.2. The predicted octanol–water partition coefficient (Wildman–Crippen LogP) is 2.50. The van der Waals surface area contributed by atoms with Crippen LogP contribution in [0.25, 0.3) is 0 Å². The summed E-state index contributed by atoms with van der Waals surface area (Å²) < 4.78 is 5.92. The normalized spacial score (nSPS) is 29.8. The first-order chi connectivity index (χ1) is 7.97. The van der Waals surface area contributed by atoms with Gasteiger partial charge in [0.15, 0.2) is 5.72 Å². The average Bonchev–Trinajstić information content (AvgIpc) is 2.19. The molecule has 1 fully saturated rings. The molecule has 5 heteroatoms. The largest absolute Gasteiger partial charge is 0.468 e. The highest BCUT2D eigenvalue weighted by atomic mass is 35.5. The van der Waals surface area contributed by atoms with Crippen molar-refractivity contribution in [3.8, 4) is 5.75 Å². The summed E-state index contributed by atoms with van der Waals surface area (Å²) in [6, 6.07) is 3.49. The van der Waals surface area contributed by atoms with Gasteiger partial charge in [-0.2, -0.15) is 0 Å². The third kappa shape index (κ3) is 1.63. The molecule has 1 aromatic rings. The molecule has 2 aliphatic heterocycles. The molecule has 2 bridgehead atoms. The van der Waals surface area contributed by atoms with Gasteiger partial charge >= 0.3 is 6.03 Å². The molecule has 2 aliphatic rings. The third-order valence-corrected chi connectivity index (χ3v) is 3.47. The molecule has 0 aromatic heterocycles. The zero-order valence-electron chi connectivity index (χ0n) is 9.63. The Labute approximate surface area is 104 Å². The van der Waals surface area contributed by atoms with Gasteiger partial charge in [-0.1, -0.05) is 11.6 Å². The fourth-order valence-corrected chi connectivity index (χ4v) is 2.84. The first kappa shape index (κ1) is 10.7. The quantitative estimate of drug-likeness (QED) is 0.745. The number of nitrogens with one attached hydrogen (secondary N) is 2. The fourth-order valence-electron chi connectivity index (χ4n) is 2.56. The highest BCUT2D eigenvalue weighted by molar-refractivity contribution is 6.30. The summed E-state index contributed by atoms with van der Waals surface area (Å²) in [4.78, 5) is 11.5. The summed E-state index contributed by atoms with van der Waals surface area (Å²) in [7, 11) is 0. The minimum Gasteiger partial charge on any atom is -0.468 e. The van der Waals surface area contributed by atoms with Gasteiger partial charge in [-0.3, -0.25) is 0 Å². The van der Waals surface area contributed by atoms with Crippen LogP contribution in [0.3, 0.4) is 0 Å². The van der Waals surface area contributed by atoms with E-state index in [4.69, 9.17) is 16.3 Å². The van der Waals surface area contributed by atoms with E-state index in [0.29, 0.717) is 11.4 Å². The minimum atomic E-state index is -0.626. The molecule has 0 aliphatic carbocycles. The molecule has 2 amide bonds. The molecule has 1 aromatic carbocycles. The van der Waals surface area contributed by atoms with Crippen LogP contribution < -0.4 is 15.4 Å². The third-order valence-electron chi connectivity index (χ3n) is 3.25. The molecular formula is C12H13ClN2O2. The highest BCUT2D eigenvalue weighted by Crippen LogP contribution is 2.43. The van der Waals surface area contributed by atoms with E-state index in [2.05, 4.69) is 10.6 Å². The van der Waals surface area contributed by atoms with Crippen LogP contribution in [0.15, 0.2) is 12.1 Å². The number of carbonyl (C=O) groups is 1. The molecule has 90 valence electrons. The van der Waals surface area contributed by atoms with Gasteiger partial charge in [-0.25, -0.2) is 4.79 Å². The summed E-state index contributed by atoms with van der Waals surface area (Å²) in [5.74, 6) is 0.820. The molecule has 0 saturated carbocycles. The number of hydrogen-bond acceptors (Lipinski definition) is 2. The maximum absolute atomic E-state index is 11.5. The van der Waals surface area contributed by atoms with Crippen LogP contribution in [0.2, 0.25) is 5.02 Å². The van der Waals surface area contributed by atoms with Crippen LogP contribution in [0.5, 0.6) is 5.75 Å². The van der Waals surface area contributed by atoms with Crippen molar-refractivity contribution < 1.29 is 9.53 Å². The topological polar surface area (TPSA) is 50.4 Å². The highest BCUT2D eigenvalue weighted by Gasteiger charge is 2.43. The van der Waals surface area contributed by atoms with E-state index in [1.807, 2.05) is 26.0 Å². The van der Waals surface area contributed by atoms with E-state index in [9.17, 15) is 4.79 Å². The number of hydrogen-bond donors (Lipinski definition) is 2. The summed E-state index contributed by atoms with van der Waals surface area (Å²) >= 11 is 6.05. The van der Waals surface area contributed by atoms with Gasteiger partial charge in [0, 0.05) is 17.0 Å². The summed E-state index contributed by atoms with van der Waals surface area (Å²) in [6.45, 7) is 3.84. The Balaban J connectivity index is 2.16. The maximum Gasteiger partial charge on any atom is 0.318 e. The molecular weight excluding hydrogens is 240 g/mol. The van der Waals surface area contributed by atoms with Gasteiger partial charge in [0.2, 0.25) is 0 Å². The fraction of sp³-hybridized carbons (Fsp3) is 0.417. The Hall–Kier alpha value is -1.42. The van der Waals surface area contributed by atoms with Crippen molar-refractivity contribution >= 4 is 17.6 Å². The van der Waals surface area contributed by atoms with Crippen molar-refractivity contribution in [1.29, 1.82) is 0 Å². The zero-order valence-corrected chi connectivity index (χ0v) is 10.4. The lowest BCUT2D eigenvalue weighted by molar-refractivity contribution is 0.0112. The van der Waals surface area contributed by atoms with Crippen LogP contribution in [0.4, 0.5) is 4.79 Å². The van der Waals surface area contributed by atoms with Gasteiger partial charge in [0.1, 0.15) is 5.75 Å². The second kappa shape index (κ2) is 3.29. The summed E-state index contributed by atoms with van der Waals surface area (Å²) in [5, 5.41) is 6.36. The van der Waals surface area contributed by atoms with E-state index >= 15 is 0 Å². The van der Waals surface area contributed by atoms with Crippen molar-refractivity contribution in [2.75, 3.05) is 0 Å². The van der Waals surface area contributed by atoms with Gasteiger partial charge in [0.05, 0.1) is 6.04 Å². The molecule has 2 unspecified atom stereocenters. The molecule has 17 heavy (non-hydrogen) atoms. The van der Waals surface area contributed by atoms with E-state index in [-0.39, 0.29) is 12.1 Å². The average molecular weight is 253 g/mol. The van der Waals surface area contributed by atoms with Crippen LogP contribution in [-0.4, -0.2) is 11.8 Å². The number of benzene rings is 1. The maximum atomic E-state index is 11.5. The van der Waals surface area contributed by atoms with Crippen LogP contribution >= 0.6 is 11.6 Å². The molecule has 0 spiro atoms. The Kier molecular flexibility index (Phi) is 2.08. The monoisotopic (exact) mass is 252 g/mol. The van der Waals surface area contributed by atoms with Crippen LogP contribution in [0, 0.1) is 6.92 Å². The number of amides is 2. The van der Waals surface area contributed by atoms with Gasteiger partial charge < -0.3 is 15.4 Å². The second-order valence-electron chi connectivity index (χ2n) is 4.83. The Morgan fingerprint density at radius 1 is 1.53 bits per heavy atom. The lowest BCUT2D eigenvalue weighted by atomic mass is 9.90. The van der Waals surface area contributed by atoms with Gasteiger partial charge in [-0.15, -0.1) is 0 Å². The number of ether oxygens (including phenoxy) is 1. The molecule has 2 atom stereocenters. The summed E-state index contributed by atoms with van der Waals surface area (Å²) in [5.41, 5.74) is 1.32. The van der Waals surface area contributed by atoms with Crippen molar-refractivity contribution in [1.82, 2.24) is 10.6 Å². The molecule has 1 saturated heterocycles. The first-order valence-electron chi connectivity index (χ1n) is 5.55. The number of fused-ring (bicyclic) bond motifs is 4. The lowest BCUT2D eigenvalue weighted by Gasteiger charge is -2.44. The molecule has 2 heterocycles. The van der Waals surface area contributed by atoms with Gasteiger partial charge in [-0.05, 0) is 31.5 Å². The molecule has 2 N–H and O–H groups in total. The van der Waals surface area contributed by atoms with Gasteiger partial charge in [0.25, 0.3) is 0 Å². The smallest absolute Gasteiger partial charge is 0.318 e. The van der Waals surface area contributed by atoms with Crippen LogP contribution in [-0.2, 0) is 0 Å². The lowest BCUT2D eigenvalue weighted by Crippen LogP contribution is -2.62. The molecule has 4 nitrogen and oxygen atoms in total. The Bertz CT molecular complexity index is 517. The molecule has 3 rings (SSSR count). The minimum absolute atomic E-state index is 0.0325. The Morgan fingerprint density at radius 3 is 3.06 bits per heavy atom. The van der Waals surface area contributed by atoms with Crippen molar-refractivity contribution in [3.63, 3.8) is 0 Å². The second-order valence-corrected chi connectivity index (χ2v) is 5.27. The number of aryl methyl sites for hydroxylation is 1. The number of halogens is 1. The van der Waals surface area contributed by atoms with E-state index in [1.54, 1.807) is 0 Å². The van der Waals surface area contributed by atoms with Crippen molar-refractivity contribution in [2.24, 2.45) is 0 Å². The SMILES string of the molecule is Cc1cc(Cl)cc2c1OC1(C)CC2NC(=O)N1. The van der Waals surface area contributed by atoms with E-state index < -0.39 is 5.72 Å². The molecule has 0 radical (unpaired) electrons. The van der Waals surface area contributed by atoms with Crippen molar-refractivity contribution in [3.05, 3.63) is 28.3 Å². The van der Waals surface area contributed by atoms with Crippen LogP contribution in [0.1, 0.15) is 30.5 Å². The number of urea groups is 1. The first-order valence-corrected chi connectivity index (χ1v) is 5.92. The standard InChI is InChI=1S/C12H13ClN2O2/c1-6-3-7(13)4-8-9-5-12(2,17-10(6)8)15-11(16)14-9/h3-4,9H,5H2,1-2H3,(H2,14,15,16). The Morgan fingerprint density at radius 2 is 2.29 bits per heavy atom. The predicted molar refractivity (Wildman–Crippen MR) is 64.2 cm³/mol. The summed E-state index contributed by atoms with van der Waals surface area (Å²) in [6.07, 6.45) is 0.700. The van der Waals surface area contributed by atoms with E-state index in [1.165, 1.54) is 0 Å². The number of carbonyl (C=O) groups excluding carboxylic acids is 1. The van der Waals surface area contributed by atoms with E-state index in [0.717, 1.165) is 16.9 Å². The number of rotatable bonds is 0. The van der Waals surface area contributed by atoms with Crippen molar-refractivity contribution in [2.45, 2.75) is 32.0 Å².